The summed E-state index contributed by atoms with van der Waals surface area (Å²) in [5, 5.41) is 10.6. The van der Waals surface area contributed by atoms with Crippen molar-refractivity contribution in [2.24, 2.45) is 0 Å². The van der Waals surface area contributed by atoms with Gasteiger partial charge in [-0.05, 0) is 97.1 Å². The number of fused-ring (bicyclic) bond motifs is 2. The number of nitrogens with zero attached hydrogens (tertiary/aromatic N) is 2. The summed E-state index contributed by atoms with van der Waals surface area (Å²) in [6.07, 6.45) is 3.81. The van der Waals surface area contributed by atoms with Crippen LogP contribution < -0.4 is 0 Å². The van der Waals surface area contributed by atoms with Crippen LogP contribution in [0.5, 0.6) is 0 Å². The maximum atomic E-state index is 13.7. The Kier molecular flexibility index (Phi) is 6.98. The van der Waals surface area contributed by atoms with Crippen LogP contribution >= 0.6 is 15.9 Å². The number of likely N-dealkylation sites (N-methyl/N-ethyl adjacent to an activating group) is 1. The fraction of sp³-hybridized carbons (Fsp3) is 0.300. The highest BCUT2D eigenvalue weighted by Crippen LogP contribution is 2.45. The second kappa shape index (κ2) is 10.2. The molecule has 1 aliphatic heterocycles. The van der Waals surface area contributed by atoms with E-state index in [9.17, 15) is 9.65 Å². The Bertz CT molecular complexity index is 1420. The van der Waals surface area contributed by atoms with E-state index in [4.69, 9.17) is 4.74 Å². The van der Waals surface area contributed by atoms with Crippen LogP contribution in [0.15, 0.2) is 71.3 Å². The Morgan fingerprint density at radius 3 is 2.75 bits per heavy atom. The van der Waals surface area contributed by atoms with Gasteiger partial charge in [-0.2, -0.15) is 5.26 Å². The standard InChI is InChI=1S/C30H29BrFN3O/c1-20(27-17-34-29-11-7-24(31)15-26(27)29)18-35(2)13-3-12-30(23-5-8-25(32)9-6-23)28-10-4-21(16-33)14-22(28)19-36-30/h4-11,14-15,17,20,34H,3,12-13,18-19H2,1-2H3. The first-order valence-corrected chi connectivity index (χ1v) is 13.1. The highest BCUT2D eigenvalue weighted by atomic mass is 79.9. The van der Waals surface area contributed by atoms with E-state index >= 15 is 0 Å². The number of hydrogen-bond donors (Lipinski definition) is 1. The molecule has 5 rings (SSSR count). The van der Waals surface area contributed by atoms with Crippen molar-refractivity contribution >= 4 is 26.8 Å². The van der Waals surface area contributed by atoms with Gasteiger partial charge in [-0.3, -0.25) is 0 Å². The molecule has 1 aliphatic rings. The van der Waals surface area contributed by atoms with Crippen LogP contribution in [0, 0.1) is 17.1 Å². The van der Waals surface area contributed by atoms with Crippen LogP contribution in [0.3, 0.4) is 0 Å². The summed E-state index contributed by atoms with van der Waals surface area (Å²) in [7, 11) is 2.16. The van der Waals surface area contributed by atoms with Crippen LogP contribution in [-0.4, -0.2) is 30.0 Å². The average molecular weight is 546 g/mol. The summed E-state index contributed by atoms with van der Waals surface area (Å²) in [4.78, 5) is 5.76. The van der Waals surface area contributed by atoms with Crippen molar-refractivity contribution in [3.8, 4) is 6.07 Å². The summed E-state index contributed by atoms with van der Waals surface area (Å²) in [6, 6.07) is 21.0. The van der Waals surface area contributed by atoms with Gasteiger partial charge in [-0.1, -0.05) is 41.1 Å². The van der Waals surface area contributed by atoms with Gasteiger partial charge in [0.15, 0.2) is 0 Å². The molecule has 36 heavy (non-hydrogen) atoms. The molecule has 1 N–H and O–H groups in total. The van der Waals surface area contributed by atoms with Crippen molar-refractivity contribution in [3.63, 3.8) is 0 Å². The van der Waals surface area contributed by atoms with E-state index in [2.05, 4.69) is 70.3 Å². The van der Waals surface area contributed by atoms with E-state index in [1.54, 1.807) is 0 Å². The van der Waals surface area contributed by atoms with Gasteiger partial charge in [-0.25, -0.2) is 4.39 Å². The van der Waals surface area contributed by atoms with Gasteiger partial charge < -0.3 is 14.6 Å². The summed E-state index contributed by atoms with van der Waals surface area (Å²) < 4.78 is 21.3. The number of benzene rings is 3. The molecular formula is C30H29BrFN3O. The normalized spacial score (nSPS) is 17.9. The third-order valence-electron chi connectivity index (χ3n) is 7.31. The first-order chi connectivity index (χ1) is 17.4. The van der Waals surface area contributed by atoms with E-state index in [0.29, 0.717) is 18.1 Å². The van der Waals surface area contributed by atoms with Crippen LogP contribution in [0.1, 0.15) is 53.5 Å². The monoisotopic (exact) mass is 545 g/mol. The van der Waals surface area contributed by atoms with Gasteiger partial charge >= 0.3 is 0 Å². The van der Waals surface area contributed by atoms with Crippen LogP contribution in [0.25, 0.3) is 10.9 Å². The first-order valence-electron chi connectivity index (χ1n) is 12.3. The smallest absolute Gasteiger partial charge is 0.123 e. The number of halogens is 2. The van der Waals surface area contributed by atoms with E-state index in [0.717, 1.165) is 52.6 Å². The summed E-state index contributed by atoms with van der Waals surface area (Å²) >= 11 is 3.59. The van der Waals surface area contributed by atoms with Gasteiger partial charge in [0.25, 0.3) is 0 Å². The fourth-order valence-corrected chi connectivity index (χ4v) is 5.90. The Morgan fingerprint density at radius 1 is 1.17 bits per heavy atom. The highest BCUT2D eigenvalue weighted by Gasteiger charge is 2.41. The zero-order valence-corrected chi connectivity index (χ0v) is 22.1. The molecule has 0 saturated carbocycles. The number of hydrogen-bond acceptors (Lipinski definition) is 3. The lowest BCUT2D eigenvalue weighted by Crippen LogP contribution is -2.30. The molecule has 0 amide bonds. The molecule has 4 aromatic rings. The summed E-state index contributed by atoms with van der Waals surface area (Å²) in [6.45, 7) is 4.56. The van der Waals surface area contributed by atoms with Gasteiger partial charge in [0.05, 0.1) is 18.2 Å². The molecule has 2 unspecified atom stereocenters. The molecule has 2 heterocycles. The van der Waals surface area contributed by atoms with E-state index in [1.807, 2.05) is 30.3 Å². The number of aromatic nitrogens is 1. The first kappa shape index (κ1) is 24.7. The van der Waals surface area contributed by atoms with Crippen LogP contribution in [0.2, 0.25) is 0 Å². The zero-order chi connectivity index (χ0) is 25.3. The van der Waals surface area contributed by atoms with Crippen LogP contribution in [0.4, 0.5) is 4.39 Å². The van der Waals surface area contributed by atoms with Crippen LogP contribution in [-0.2, 0) is 16.9 Å². The minimum absolute atomic E-state index is 0.259. The van der Waals surface area contributed by atoms with Gasteiger partial charge in [0.2, 0.25) is 0 Å². The molecule has 0 aliphatic carbocycles. The largest absolute Gasteiger partial charge is 0.361 e. The predicted octanol–water partition coefficient (Wildman–Crippen LogP) is 7.23. The molecule has 0 radical (unpaired) electrons. The zero-order valence-electron chi connectivity index (χ0n) is 20.5. The Hall–Kier alpha value is -2.98. The average Bonchev–Trinajstić information content (AvgIpc) is 3.46. The topological polar surface area (TPSA) is 52.0 Å². The molecule has 0 saturated heterocycles. The lowest BCUT2D eigenvalue weighted by Gasteiger charge is -2.31. The molecule has 0 fully saturated rings. The number of H-pyrrole nitrogens is 1. The SMILES string of the molecule is CC(CN(C)CCCC1(c2ccc(F)cc2)OCc2cc(C#N)ccc21)c1c[nH]c2ccc(Br)cc12. The number of ether oxygens (including phenoxy) is 1. The van der Waals surface area contributed by atoms with Crippen molar-refractivity contribution in [3.05, 3.63) is 105 Å². The third kappa shape index (κ3) is 4.71. The molecule has 184 valence electrons. The summed E-state index contributed by atoms with van der Waals surface area (Å²) in [5.41, 5.74) is 5.53. The van der Waals surface area contributed by atoms with Gasteiger partial charge in [0.1, 0.15) is 11.4 Å². The lowest BCUT2D eigenvalue weighted by molar-refractivity contribution is -0.0143. The number of rotatable bonds is 8. The van der Waals surface area contributed by atoms with E-state index < -0.39 is 5.60 Å². The highest BCUT2D eigenvalue weighted by molar-refractivity contribution is 9.10. The van der Waals surface area contributed by atoms with Crippen molar-refractivity contribution < 1.29 is 9.13 Å². The molecule has 4 nitrogen and oxygen atoms in total. The summed E-state index contributed by atoms with van der Waals surface area (Å²) in [5.74, 6) is 0.113. The minimum atomic E-state index is -0.632. The third-order valence-corrected chi connectivity index (χ3v) is 7.81. The molecule has 2 atom stereocenters. The van der Waals surface area contributed by atoms with Crippen molar-refractivity contribution in [1.29, 1.82) is 5.26 Å². The Labute approximate surface area is 219 Å². The van der Waals surface area contributed by atoms with E-state index in [1.165, 1.54) is 23.1 Å². The maximum absolute atomic E-state index is 13.7. The van der Waals surface area contributed by atoms with E-state index in [-0.39, 0.29) is 5.82 Å². The molecular weight excluding hydrogens is 517 g/mol. The Balaban J connectivity index is 1.31. The molecule has 3 aromatic carbocycles. The lowest BCUT2D eigenvalue weighted by atomic mass is 9.81. The fourth-order valence-electron chi connectivity index (χ4n) is 5.54. The second-order valence-electron chi connectivity index (χ2n) is 9.81. The minimum Gasteiger partial charge on any atom is -0.361 e. The molecule has 0 spiro atoms. The quantitative estimate of drug-likeness (QED) is 0.254. The molecule has 1 aromatic heterocycles. The Morgan fingerprint density at radius 2 is 1.97 bits per heavy atom. The second-order valence-corrected chi connectivity index (χ2v) is 10.7. The maximum Gasteiger partial charge on any atom is 0.123 e. The van der Waals surface area contributed by atoms with Gasteiger partial charge in [0, 0.05) is 28.1 Å². The predicted molar refractivity (Wildman–Crippen MR) is 144 cm³/mol. The number of nitrogens with one attached hydrogen (secondary N) is 1. The van der Waals surface area contributed by atoms with Crippen molar-refractivity contribution in [1.82, 2.24) is 9.88 Å². The van der Waals surface area contributed by atoms with Crippen molar-refractivity contribution in [2.45, 2.75) is 37.9 Å². The molecule has 6 heteroatoms. The number of nitriles is 1. The van der Waals surface area contributed by atoms with Gasteiger partial charge in [-0.15, -0.1) is 0 Å². The number of aromatic amines is 1. The van der Waals surface area contributed by atoms with Crippen molar-refractivity contribution in [2.75, 3.05) is 20.1 Å². The molecule has 0 bridgehead atoms.